The first-order valence-electron chi connectivity index (χ1n) is 11.2. The van der Waals surface area contributed by atoms with Crippen LogP contribution < -0.4 is 4.90 Å². The van der Waals surface area contributed by atoms with Crippen molar-refractivity contribution in [2.24, 2.45) is 0 Å². The summed E-state index contributed by atoms with van der Waals surface area (Å²) < 4.78 is 7.83. The number of carbonyl (C=O) groups excluding carboxylic acids is 1. The summed E-state index contributed by atoms with van der Waals surface area (Å²) in [5, 5.41) is 0. The van der Waals surface area contributed by atoms with Crippen LogP contribution in [0.5, 0.6) is 0 Å². The lowest BCUT2D eigenvalue weighted by molar-refractivity contribution is -0.117. The quantitative estimate of drug-likeness (QED) is 0.636. The molecular weight excluding hydrogens is 388 g/mol. The van der Waals surface area contributed by atoms with Gasteiger partial charge in [-0.1, -0.05) is 18.2 Å². The summed E-state index contributed by atoms with van der Waals surface area (Å²) in [5.41, 5.74) is 5.54. The summed E-state index contributed by atoms with van der Waals surface area (Å²) in [6.45, 7) is 10.3. The number of hydrogen-bond acceptors (Lipinski definition) is 4. The average Bonchev–Trinajstić information content (AvgIpc) is 3.33. The number of imidazole rings is 1. The van der Waals surface area contributed by atoms with Crippen molar-refractivity contribution in [2.45, 2.75) is 32.7 Å². The molecule has 162 valence electrons. The third-order valence-corrected chi connectivity index (χ3v) is 6.44. The maximum atomic E-state index is 13.0. The van der Waals surface area contributed by atoms with Gasteiger partial charge in [0, 0.05) is 50.7 Å². The van der Waals surface area contributed by atoms with Gasteiger partial charge in [0.15, 0.2) is 0 Å². The van der Waals surface area contributed by atoms with Gasteiger partial charge in [0.25, 0.3) is 0 Å². The fraction of sp³-hybridized carbons (Fsp3) is 0.440. The van der Waals surface area contributed by atoms with E-state index in [-0.39, 0.29) is 11.8 Å². The molecule has 0 radical (unpaired) electrons. The van der Waals surface area contributed by atoms with Crippen molar-refractivity contribution >= 4 is 22.6 Å². The standard InChI is InChI=1S/C25H30N4O2/c1-18-13-19(2)15-21(14-18)29-17-20(16-24(29)30)25-26-22-5-3-4-6-23(22)28(25)8-7-27-9-11-31-12-10-27/h3-6,13-15,20H,7-12,16-17H2,1-2H3/t20-/m1/s1. The Balaban J connectivity index is 1.43. The summed E-state index contributed by atoms with van der Waals surface area (Å²) >= 11 is 0. The third kappa shape index (κ3) is 4.10. The normalized spacial score (nSPS) is 20.1. The molecule has 3 aromatic rings. The van der Waals surface area contributed by atoms with Gasteiger partial charge in [-0.3, -0.25) is 9.69 Å². The van der Waals surface area contributed by atoms with Crippen molar-refractivity contribution in [3.63, 3.8) is 0 Å². The molecule has 6 nitrogen and oxygen atoms in total. The monoisotopic (exact) mass is 418 g/mol. The highest BCUT2D eigenvalue weighted by Crippen LogP contribution is 2.34. The summed E-state index contributed by atoms with van der Waals surface area (Å²) in [4.78, 5) is 22.4. The van der Waals surface area contributed by atoms with Crippen LogP contribution in [0.4, 0.5) is 5.69 Å². The lowest BCUT2D eigenvalue weighted by atomic mass is 10.1. The smallest absolute Gasteiger partial charge is 0.227 e. The molecule has 1 atom stereocenters. The first kappa shape index (κ1) is 20.2. The number of aromatic nitrogens is 2. The van der Waals surface area contributed by atoms with Crippen LogP contribution in [0.3, 0.4) is 0 Å². The largest absolute Gasteiger partial charge is 0.379 e. The van der Waals surface area contributed by atoms with Crippen LogP contribution in [0, 0.1) is 13.8 Å². The molecule has 31 heavy (non-hydrogen) atoms. The van der Waals surface area contributed by atoms with Gasteiger partial charge in [-0.05, 0) is 49.2 Å². The molecule has 2 aliphatic heterocycles. The van der Waals surface area contributed by atoms with Crippen molar-refractivity contribution in [2.75, 3.05) is 44.3 Å². The van der Waals surface area contributed by atoms with Gasteiger partial charge in [-0.15, -0.1) is 0 Å². The maximum absolute atomic E-state index is 13.0. The number of anilines is 1. The summed E-state index contributed by atoms with van der Waals surface area (Å²) in [6, 6.07) is 14.7. The zero-order chi connectivity index (χ0) is 21.4. The molecule has 0 spiro atoms. The molecule has 0 bridgehead atoms. The molecule has 2 aromatic carbocycles. The molecule has 3 heterocycles. The molecule has 1 amide bonds. The average molecular weight is 419 g/mol. The molecule has 6 heteroatoms. The van der Waals surface area contributed by atoms with E-state index < -0.39 is 0 Å². The predicted molar refractivity (Wildman–Crippen MR) is 123 cm³/mol. The Kier molecular flexibility index (Phi) is 5.50. The molecule has 0 aliphatic carbocycles. The van der Waals surface area contributed by atoms with Gasteiger partial charge in [0.1, 0.15) is 5.82 Å². The van der Waals surface area contributed by atoms with E-state index in [2.05, 4.69) is 59.7 Å². The first-order valence-corrected chi connectivity index (χ1v) is 11.2. The Hall–Kier alpha value is -2.70. The molecule has 0 unspecified atom stereocenters. The number of morpholine rings is 1. The van der Waals surface area contributed by atoms with Crippen LogP contribution in [0.15, 0.2) is 42.5 Å². The Labute approximate surface area is 183 Å². The zero-order valence-electron chi connectivity index (χ0n) is 18.4. The number of amides is 1. The minimum Gasteiger partial charge on any atom is -0.379 e. The van der Waals surface area contributed by atoms with Crippen molar-refractivity contribution in [1.29, 1.82) is 0 Å². The minimum atomic E-state index is 0.102. The summed E-state index contributed by atoms with van der Waals surface area (Å²) in [6.07, 6.45) is 0.508. The van der Waals surface area contributed by atoms with Crippen molar-refractivity contribution < 1.29 is 9.53 Å². The lowest BCUT2D eigenvalue weighted by Crippen LogP contribution is -2.38. The number of ether oxygens (including phenoxy) is 1. The Bertz CT molecular complexity index is 1080. The molecule has 5 rings (SSSR count). The van der Waals surface area contributed by atoms with Gasteiger partial charge in [-0.25, -0.2) is 4.98 Å². The van der Waals surface area contributed by atoms with Gasteiger partial charge in [0.2, 0.25) is 5.91 Å². The van der Waals surface area contributed by atoms with Crippen molar-refractivity contribution in [3.8, 4) is 0 Å². The van der Waals surface area contributed by atoms with E-state index in [9.17, 15) is 4.79 Å². The lowest BCUT2D eigenvalue weighted by Gasteiger charge is -2.27. The van der Waals surface area contributed by atoms with E-state index >= 15 is 0 Å². The maximum Gasteiger partial charge on any atom is 0.227 e. The molecular formula is C25H30N4O2. The summed E-state index contributed by atoms with van der Waals surface area (Å²) in [7, 11) is 0. The van der Waals surface area contributed by atoms with E-state index in [0.29, 0.717) is 13.0 Å². The van der Waals surface area contributed by atoms with Gasteiger partial charge >= 0.3 is 0 Å². The van der Waals surface area contributed by atoms with E-state index in [4.69, 9.17) is 9.72 Å². The van der Waals surface area contributed by atoms with Gasteiger partial charge < -0.3 is 14.2 Å². The SMILES string of the molecule is Cc1cc(C)cc(N2C[C@H](c3nc4ccccc4n3CCN3CCOCC3)CC2=O)c1. The van der Waals surface area contributed by atoms with Crippen LogP contribution in [-0.2, 0) is 16.1 Å². The molecule has 2 saturated heterocycles. The number of hydrogen-bond donors (Lipinski definition) is 0. The molecule has 1 aromatic heterocycles. The van der Waals surface area contributed by atoms with Crippen LogP contribution >= 0.6 is 0 Å². The van der Waals surface area contributed by atoms with E-state index in [1.807, 2.05) is 11.0 Å². The topological polar surface area (TPSA) is 50.6 Å². The highest BCUT2D eigenvalue weighted by atomic mass is 16.5. The number of fused-ring (bicyclic) bond motifs is 1. The van der Waals surface area contributed by atoms with E-state index in [0.717, 1.165) is 61.9 Å². The Morgan fingerprint density at radius 3 is 2.55 bits per heavy atom. The van der Waals surface area contributed by atoms with Crippen LogP contribution in [0.2, 0.25) is 0 Å². The number of carbonyl (C=O) groups is 1. The fourth-order valence-corrected chi connectivity index (χ4v) is 4.94. The first-order chi connectivity index (χ1) is 15.1. The second kappa shape index (κ2) is 8.44. The molecule has 2 aliphatic rings. The van der Waals surface area contributed by atoms with Crippen LogP contribution in [0.25, 0.3) is 11.0 Å². The minimum absolute atomic E-state index is 0.102. The highest BCUT2D eigenvalue weighted by molar-refractivity contribution is 5.96. The molecule has 0 saturated carbocycles. The fourth-order valence-electron chi connectivity index (χ4n) is 4.94. The molecule has 2 fully saturated rings. The van der Waals surface area contributed by atoms with Crippen molar-refractivity contribution in [3.05, 3.63) is 59.4 Å². The number of para-hydroxylation sites is 2. The number of benzene rings is 2. The number of nitrogens with zero attached hydrogens (tertiary/aromatic N) is 4. The van der Waals surface area contributed by atoms with E-state index in [1.54, 1.807) is 0 Å². The van der Waals surface area contributed by atoms with Crippen LogP contribution in [-0.4, -0.2) is 59.8 Å². The molecule has 0 N–H and O–H groups in total. The van der Waals surface area contributed by atoms with Gasteiger partial charge in [-0.2, -0.15) is 0 Å². The van der Waals surface area contributed by atoms with Crippen molar-refractivity contribution in [1.82, 2.24) is 14.5 Å². The second-order valence-electron chi connectivity index (χ2n) is 8.82. The van der Waals surface area contributed by atoms with Gasteiger partial charge in [0.05, 0.1) is 24.2 Å². The number of rotatable bonds is 5. The summed E-state index contributed by atoms with van der Waals surface area (Å²) in [5.74, 6) is 1.32. The van der Waals surface area contributed by atoms with Crippen LogP contribution in [0.1, 0.15) is 29.3 Å². The Morgan fingerprint density at radius 1 is 1.03 bits per heavy atom. The second-order valence-corrected chi connectivity index (χ2v) is 8.82. The third-order valence-electron chi connectivity index (χ3n) is 6.44. The predicted octanol–water partition coefficient (Wildman–Crippen LogP) is 3.51. The van der Waals surface area contributed by atoms with E-state index in [1.165, 1.54) is 11.1 Å². The Morgan fingerprint density at radius 2 is 1.77 bits per heavy atom. The highest BCUT2D eigenvalue weighted by Gasteiger charge is 2.35. The zero-order valence-corrected chi connectivity index (χ0v) is 18.4. The number of aryl methyl sites for hydroxylation is 2.